The second-order valence-electron chi connectivity index (χ2n) is 6.01. The highest BCUT2D eigenvalue weighted by Gasteiger charge is 2.21. The van der Waals surface area contributed by atoms with Crippen molar-refractivity contribution in [2.24, 2.45) is 5.92 Å². The zero-order valence-electron chi connectivity index (χ0n) is 11.7. The third-order valence-corrected chi connectivity index (χ3v) is 4.44. The topological polar surface area (TPSA) is 28.2 Å². The molecule has 1 N–H and O–H groups in total. The Kier molecular flexibility index (Phi) is 4.34. The van der Waals surface area contributed by atoms with Crippen LogP contribution < -0.4 is 10.2 Å². The van der Waals surface area contributed by atoms with E-state index in [4.69, 9.17) is 0 Å². The van der Waals surface area contributed by atoms with E-state index < -0.39 is 0 Å². The third kappa shape index (κ3) is 3.93. The molecule has 2 fully saturated rings. The Bertz CT molecular complexity index is 367. The number of nitrogens with zero attached hydrogens (tertiary/aromatic N) is 2. The first-order valence-electron chi connectivity index (χ1n) is 7.80. The van der Waals surface area contributed by atoms with E-state index in [1.54, 1.807) is 0 Å². The number of hydrogen-bond donors (Lipinski definition) is 1. The molecule has 1 aromatic rings. The molecule has 3 rings (SSSR count). The van der Waals surface area contributed by atoms with E-state index in [1.165, 1.54) is 63.8 Å². The van der Waals surface area contributed by atoms with Crippen LogP contribution in [0.5, 0.6) is 0 Å². The lowest BCUT2D eigenvalue weighted by Crippen LogP contribution is -2.42. The molecule has 19 heavy (non-hydrogen) atoms. The predicted octanol–water partition coefficient (Wildman–Crippen LogP) is 2.83. The van der Waals surface area contributed by atoms with Crippen molar-refractivity contribution in [3.63, 3.8) is 0 Å². The molecule has 1 aliphatic heterocycles. The monoisotopic (exact) mass is 259 g/mol. The number of rotatable bonds is 6. The molecule has 3 heteroatoms. The summed E-state index contributed by atoms with van der Waals surface area (Å²) in [4.78, 5) is 6.56. The molecule has 2 heterocycles. The molecular weight excluding hydrogens is 234 g/mol. The number of hydrogen-bond acceptors (Lipinski definition) is 3. The lowest BCUT2D eigenvalue weighted by Gasteiger charge is -2.34. The van der Waals surface area contributed by atoms with Crippen molar-refractivity contribution < 1.29 is 0 Å². The fourth-order valence-corrected chi connectivity index (χ4v) is 3.00. The molecule has 1 aliphatic carbocycles. The van der Waals surface area contributed by atoms with Crippen molar-refractivity contribution >= 4 is 5.69 Å². The largest absolute Gasteiger partial charge is 0.371 e. The van der Waals surface area contributed by atoms with Crippen LogP contribution in [0.1, 0.15) is 38.5 Å². The molecule has 0 atom stereocenters. The number of piperidine rings is 1. The van der Waals surface area contributed by atoms with E-state index in [2.05, 4.69) is 27.3 Å². The number of anilines is 1. The molecule has 0 bridgehead atoms. The maximum absolute atomic E-state index is 4.09. The van der Waals surface area contributed by atoms with Crippen molar-refractivity contribution in [2.75, 3.05) is 24.5 Å². The lowest BCUT2D eigenvalue weighted by atomic mass is 10.0. The van der Waals surface area contributed by atoms with Gasteiger partial charge in [-0.1, -0.05) is 12.8 Å². The SMILES string of the molecule is c1cc(N2CCC(NCCCC3CC3)CC2)ccn1. The Morgan fingerprint density at radius 3 is 2.53 bits per heavy atom. The van der Waals surface area contributed by atoms with Crippen LogP contribution in [-0.2, 0) is 0 Å². The number of pyridine rings is 1. The predicted molar refractivity (Wildman–Crippen MR) is 79.4 cm³/mol. The van der Waals surface area contributed by atoms with Crippen LogP contribution in [0.3, 0.4) is 0 Å². The zero-order valence-corrected chi connectivity index (χ0v) is 11.7. The van der Waals surface area contributed by atoms with E-state index >= 15 is 0 Å². The van der Waals surface area contributed by atoms with Crippen LogP contribution in [0.4, 0.5) is 5.69 Å². The highest BCUT2D eigenvalue weighted by molar-refractivity contribution is 5.44. The fourth-order valence-electron chi connectivity index (χ4n) is 3.00. The van der Waals surface area contributed by atoms with Gasteiger partial charge in [-0.25, -0.2) is 0 Å². The van der Waals surface area contributed by atoms with Crippen LogP contribution in [0, 0.1) is 5.92 Å². The van der Waals surface area contributed by atoms with Gasteiger partial charge in [0.05, 0.1) is 0 Å². The van der Waals surface area contributed by atoms with Gasteiger partial charge in [0, 0.05) is 37.2 Å². The van der Waals surface area contributed by atoms with Crippen molar-refractivity contribution in [3.05, 3.63) is 24.5 Å². The lowest BCUT2D eigenvalue weighted by molar-refractivity contribution is 0.408. The fraction of sp³-hybridized carbons (Fsp3) is 0.688. The van der Waals surface area contributed by atoms with Crippen molar-refractivity contribution in [1.29, 1.82) is 0 Å². The van der Waals surface area contributed by atoms with Gasteiger partial charge in [-0.05, 0) is 50.3 Å². The Labute approximate surface area is 116 Å². The van der Waals surface area contributed by atoms with Gasteiger partial charge in [0.2, 0.25) is 0 Å². The Hall–Kier alpha value is -1.09. The average Bonchev–Trinajstić information content (AvgIpc) is 3.29. The van der Waals surface area contributed by atoms with Gasteiger partial charge in [0.25, 0.3) is 0 Å². The van der Waals surface area contributed by atoms with E-state index in [-0.39, 0.29) is 0 Å². The van der Waals surface area contributed by atoms with Crippen LogP contribution in [0.2, 0.25) is 0 Å². The van der Waals surface area contributed by atoms with Gasteiger partial charge in [0.1, 0.15) is 0 Å². The third-order valence-electron chi connectivity index (χ3n) is 4.44. The molecule has 104 valence electrons. The molecule has 0 amide bonds. The van der Waals surface area contributed by atoms with Gasteiger partial charge >= 0.3 is 0 Å². The normalized spacial score (nSPS) is 20.7. The van der Waals surface area contributed by atoms with Gasteiger partial charge in [0.15, 0.2) is 0 Å². The Morgan fingerprint density at radius 2 is 1.84 bits per heavy atom. The Balaban J connectivity index is 1.34. The van der Waals surface area contributed by atoms with E-state index in [0.717, 1.165) is 12.0 Å². The summed E-state index contributed by atoms with van der Waals surface area (Å²) >= 11 is 0. The molecule has 1 aromatic heterocycles. The summed E-state index contributed by atoms with van der Waals surface area (Å²) in [6.45, 7) is 3.56. The number of aromatic nitrogens is 1. The highest BCUT2D eigenvalue weighted by atomic mass is 15.1. The minimum Gasteiger partial charge on any atom is -0.371 e. The minimum absolute atomic E-state index is 0.734. The molecule has 0 unspecified atom stereocenters. The van der Waals surface area contributed by atoms with Gasteiger partial charge in [-0.3, -0.25) is 4.98 Å². The van der Waals surface area contributed by atoms with Crippen molar-refractivity contribution in [3.8, 4) is 0 Å². The summed E-state index contributed by atoms with van der Waals surface area (Å²) in [5.74, 6) is 1.08. The van der Waals surface area contributed by atoms with Crippen LogP contribution in [0.15, 0.2) is 24.5 Å². The molecule has 3 nitrogen and oxygen atoms in total. The molecule has 1 saturated heterocycles. The summed E-state index contributed by atoms with van der Waals surface area (Å²) in [5.41, 5.74) is 1.32. The highest BCUT2D eigenvalue weighted by Crippen LogP contribution is 2.33. The maximum Gasteiger partial charge on any atom is 0.0397 e. The summed E-state index contributed by atoms with van der Waals surface area (Å²) in [7, 11) is 0. The Morgan fingerprint density at radius 1 is 1.11 bits per heavy atom. The van der Waals surface area contributed by atoms with Crippen molar-refractivity contribution in [2.45, 2.75) is 44.6 Å². The summed E-state index contributed by atoms with van der Waals surface area (Å²) in [6.07, 6.45) is 12.1. The van der Waals surface area contributed by atoms with E-state index in [0.29, 0.717) is 0 Å². The summed E-state index contributed by atoms with van der Waals surface area (Å²) in [5, 5.41) is 3.74. The quantitative estimate of drug-likeness (QED) is 0.796. The van der Waals surface area contributed by atoms with Crippen molar-refractivity contribution in [1.82, 2.24) is 10.3 Å². The summed E-state index contributed by atoms with van der Waals surface area (Å²) in [6, 6.07) is 4.96. The summed E-state index contributed by atoms with van der Waals surface area (Å²) < 4.78 is 0. The van der Waals surface area contributed by atoms with Gasteiger partial charge < -0.3 is 10.2 Å². The van der Waals surface area contributed by atoms with Crippen LogP contribution in [0.25, 0.3) is 0 Å². The molecule has 1 saturated carbocycles. The molecule has 2 aliphatic rings. The number of nitrogens with one attached hydrogen (secondary N) is 1. The molecule has 0 spiro atoms. The zero-order chi connectivity index (χ0) is 12.9. The first kappa shape index (κ1) is 12.9. The molecule has 0 aromatic carbocycles. The second-order valence-corrected chi connectivity index (χ2v) is 6.01. The van der Waals surface area contributed by atoms with Gasteiger partial charge in [-0.2, -0.15) is 0 Å². The van der Waals surface area contributed by atoms with E-state index in [9.17, 15) is 0 Å². The average molecular weight is 259 g/mol. The molecular formula is C16H25N3. The molecule has 0 radical (unpaired) electrons. The van der Waals surface area contributed by atoms with E-state index in [1.807, 2.05) is 12.4 Å². The van der Waals surface area contributed by atoms with Gasteiger partial charge in [-0.15, -0.1) is 0 Å². The first-order chi connectivity index (χ1) is 9.42. The minimum atomic E-state index is 0.734. The van der Waals surface area contributed by atoms with Crippen LogP contribution >= 0.6 is 0 Å². The van der Waals surface area contributed by atoms with Crippen LogP contribution in [-0.4, -0.2) is 30.7 Å². The second kappa shape index (κ2) is 6.38. The smallest absolute Gasteiger partial charge is 0.0397 e. The first-order valence-corrected chi connectivity index (χ1v) is 7.80. The maximum atomic E-state index is 4.09. The standard InChI is InChI=1S/C16H25N3/c1(2-14-3-4-14)9-18-15-7-12-19(13-8-15)16-5-10-17-11-6-16/h5-6,10-11,14-15,18H,1-4,7-9,12-13H2.